The highest BCUT2D eigenvalue weighted by atomic mass is 35.5. The Morgan fingerprint density at radius 2 is 2.08 bits per heavy atom. The zero-order chi connectivity index (χ0) is 18.9. The number of rotatable bonds is 8. The molecule has 0 aliphatic heterocycles. The number of hydrogen-bond acceptors (Lipinski definition) is 4. The van der Waals surface area contributed by atoms with Gasteiger partial charge < -0.3 is 9.47 Å². The lowest BCUT2D eigenvalue weighted by Gasteiger charge is -2.13. The number of hydrogen-bond donors (Lipinski definition) is 1. The van der Waals surface area contributed by atoms with Gasteiger partial charge in [0.25, 0.3) is 5.91 Å². The Morgan fingerprint density at radius 3 is 2.77 bits per heavy atom. The van der Waals surface area contributed by atoms with E-state index >= 15 is 0 Å². The van der Waals surface area contributed by atoms with Gasteiger partial charge in [-0.05, 0) is 55.3 Å². The first-order valence-electron chi connectivity index (χ1n) is 8.14. The molecule has 1 amide bonds. The van der Waals surface area contributed by atoms with Crippen molar-refractivity contribution in [1.29, 1.82) is 0 Å². The second-order valence-corrected chi connectivity index (χ2v) is 6.41. The number of ether oxygens (including phenoxy) is 2. The highest BCUT2D eigenvalue weighted by Crippen LogP contribution is 2.26. The van der Waals surface area contributed by atoms with Crippen LogP contribution in [0.2, 0.25) is 10.0 Å². The van der Waals surface area contributed by atoms with Gasteiger partial charge in [-0.3, -0.25) is 4.79 Å². The van der Waals surface area contributed by atoms with Crippen LogP contribution in [-0.2, 0) is 4.79 Å². The van der Waals surface area contributed by atoms with Crippen molar-refractivity contribution in [2.75, 3.05) is 6.61 Å². The third-order valence-electron chi connectivity index (χ3n) is 3.43. The van der Waals surface area contributed by atoms with Crippen molar-refractivity contribution in [2.45, 2.75) is 26.4 Å². The third-order valence-corrected chi connectivity index (χ3v) is 3.96. The zero-order valence-electron chi connectivity index (χ0n) is 14.5. The predicted molar refractivity (Wildman–Crippen MR) is 105 cm³/mol. The Hall–Kier alpha value is -2.24. The van der Waals surface area contributed by atoms with E-state index in [1.807, 2.05) is 19.9 Å². The lowest BCUT2D eigenvalue weighted by molar-refractivity contribution is -0.123. The minimum atomic E-state index is -0.385. The van der Waals surface area contributed by atoms with Gasteiger partial charge in [0.2, 0.25) is 0 Å². The summed E-state index contributed by atoms with van der Waals surface area (Å²) >= 11 is 12.0. The summed E-state index contributed by atoms with van der Waals surface area (Å²) in [5, 5.41) is 4.92. The molecule has 0 unspecified atom stereocenters. The van der Waals surface area contributed by atoms with Gasteiger partial charge in [-0.2, -0.15) is 5.10 Å². The van der Waals surface area contributed by atoms with Crippen molar-refractivity contribution in [3.63, 3.8) is 0 Å². The molecule has 7 heteroatoms. The Morgan fingerprint density at radius 1 is 1.27 bits per heavy atom. The number of nitrogens with zero attached hydrogens (tertiary/aromatic N) is 1. The minimum Gasteiger partial charge on any atom is -0.489 e. The highest BCUT2D eigenvalue weighted by molar-refractivity contribution is 6.32. The van der Waals surface area contributed by atoms with E-state index in [9.17, 15) is 4.79 Å². The standard InChI is InChI=1S/C19H20Cl2N2O3/c1-3-13(2)26-18-8-7-14(9-17(18)21)11-22-23-19(24)12-25-16-6-4-5-15(20)10-16/h4-11,13H,3,12H2,1-2H3,(H,23,24)/b22-11+/t13-/m1/s1. The molecule has 0 heterocycles. The Balaban J connectivity index is 1.83. The number of nitrogens with one attached hydrogen (secondary N) is 1. The molecule has 0 aliphatic rings. The second kappa shape index (κ2) is 10.0. The van der Waals surface area contributed by atoms with E-state index in [2.05, 4.69) is 10.5 Å². The van der Waals surface area contributed by atoms with E-state index in [1.54, 1.807) is 36.4 Å². The summed E-state index contributed by atoms with van der Waals surface area (Å²) in [5.74, 6) is 0.751. The molecule has 0 fully saturated rings. The summed E-state index contributed by atoms with van der Waals surface area (Å²) in [5.41, 5.74) is 3.13. The van der Waals surface area contributed by atoms with Gasteiger partial charge in [0.05, 0.1) is 17.3 Å². The maximum absolute atomic E-state index is 11.7. The van der Waals surface area contributed by atoms with Crippen molar-refractivity contribution in [3.05, 3.63) is 58.1 Å². The molecule has 2 aromatic rings. The van der Waals surface area contributed by atoms with Crippen LogP contribution in [0, 0.1) is 0 Å². The number of carbonyl (C=O) groups excluding carboxylic acids is 1. The van der Waals surface area contributed by atoms with E-state index < -0.39 is 0 Å². The monoisotopic (exact) mass is 394 g/mol. The summed E-state index contributed by atoms with van der Waals surface area (Å²) in [4.78, 5) is 11.7. The van der Waals surface area contributed by atoms with Gasteiger partial charge in [0, 0.05) is 5.02 Å². The van der Waals surface area contributed by atoms with Crippen LogP contribution in [0.3, 0.4) is 0 Å². The van der Waals surface area contributed by atoms with Crippen molar-refractivity contribution in [1.82, 2.24) is 5.43 Å². The fraction of sp³-hybridized carbons (Fsp3) is 0.263. The molecule has 0 saturated heterocycles. The third kappa shape index (κ3) is 6.58. The summed E-state index contributed by atoms with van der Waals surface area (Å²) in [6, 6.07) is 12.1. The fourth-order valence-corrected chi connectivity index (χ4v) is 2.32. The largest absolute Gasteiger partial charge is 0.489 e. The molecule has 5 nitrogen and oxygen atoms in total. The Kier molecular flexibility index (Phi) is 7.75. The molecule has 138 valence electrons. The van der Waals surface area contributed by atoms with Crippen LogP contribution in [0.5, 0.6) is 11.5 Å². The highest BCUT2D eigenvalue weighted by Gasteiger charge is 2.06. The molecule has 0 spiro atoms. The molecular formula is C19H20Cl2N2O3. The summed E-state index contributed by atoms with van der Waals surface area (Å²) in [6.45, 7) is 3.85. The molecule has 0 saturated carbocycles. The van der Waals surface area contributed by atoms with E-state index in [0.717, 1.165) is 12.0 Å². The van der Waals surface area contributed by atoms with Crippen molar-refractivity contribution >= 4 is 35.3 Å². The molecule has 2 aromatic carbocycles. The molecule has 26 heavy (non-hydrogen) atoms. The van der Waals surface area contributed by atoms with E-state index in [4.69, 9.17) is 32.7 Å². The molecule has 1 atom stereocenters. The van der Waals surface area contributed by atoms with Crippen molar-refractivity contribution in [2.24, 2.45) is 5.10 Å². The molecule has 0 radical (unpaired) electrons. The van der Waals surface area contributed by atoms with Crippen LogP contribution in [0.25, 0.3) is 0 Å². The van der Waals surface area contributed by atoms with E-state index in [0.29, 0.717) is 21.5 Å². The van der Waals surface area contributed by atoms with Crippen LogP contribution in [0.15, 0.2) is 47.6 Å². The number of carbonyl (C=O) groups is 1. The average Bonchev–Trinajstić information content (AvgIpc) is 2.62. The SMILES string of the molecule is CC[C@@H](C)Oc1ccc(/C=N/NC(=O)COc2cccc(Cl)c2)cc1Cl. The van der Waals surface area contributed by atoms with Gasteiger partial charge in [0.1, 0.15) is 11.5 Å². The lowest BCUT2D eigenvalue weighted by atomic mass is 10.2. The number of halogens is 2. The molecular weight excluding hydrogens is 375 g/mol. The van der Waals surface area contributed by atoms with Crippen LogP contribution in [0.4, 0.5) is 0 Å². The normalized spacial score (nSPS) is 12.0. The first-order chi connectivity index (χ1) is 12.5. The maximum Gasteiger partial charge on any atom is 0.277 e. The van der Waals surface area contributed by atoms with Gasteiger partial charge in [-0.25, -0.2) is 5.43 Å². The molecule has 0 bridgehead atoms. The predicted octanol–water partition coefficient (Wildman–Crippen LogP) is 4.70. The first-order valence-corrected chi connectivity index (χ1v) is 8.90. The summed E-state index contributed by atoms with van der Waals surface area (Å²) < 4.78 is 11.0. The summed E-state index contributed by atoms with van der Waals surface area (Å²) in [7, 11) is 0. The van der Waals surface area contributed by atoms with Gasteiger partial charge in [0.15, 0.2) is 6.61 Å². The molecule has 0 aromatic heterocycles. The van der Waals surface area contributed by atoms with E-state index in [1.165, 1.54) is 6.21 Å². The quantitative estimate of drug-likeness (QED) is 0.521. The van der Waals surface area contributed by atoms with Crippen LogP contribution in [0.1, 0.15) is 25.8 Å². The molecule has 1 N–H and O–H groups in total. The minimum absolute atomic E-state index is 0.0887. The Labute approximate surface area is 162 Å². The topological polar surface area (TPSA) is 59.9 Å². The van der Waals surface area contributed by atoms with Crippen molar-refractivity contribution < 1.29 is 14.3 Å². The maximum atomic E-state index is 11.7. The van der Waals surface area contributed by atoms with Gasteiger partial charge >= 0.3 is 0 Å². The first kappa shape index (κ1) is 20.1. The number of hydrazone groups is 1. The molecule has 2 rings (SSSR count). The second-order valence-electron chi connectivity index (χ2n) is 5.57. The van der Waals surface area contributed by atoms with Crippen molar-refractivity contribution in [3.8, 4) is 11.5 Å². The van der Waals surface area contributed by atoms with Crippen LogP contribution < -0.4 is 14.9 Å². The van der Waals surface area contributed by atoms with Crippen LogP contribution >= 0.6 is 23.2 Å². The molecule has 0 aliphatic carbocycles. The van der Waals surface area contributed by atoms with E-state index in [-0.39, 0.29) is 18.6 Å². The van der Waals surface area contributed by atoms with Gasteiger partial charge in [-0.1, -0.05) is 36.2 Å². The number of amides is 1. The average molecular weight is 395 g/mol. The van der Waals surface area contributed by atoms with Gasteiger partial charge in [-0.15, -0.1) is 0 Å². The smallest absolute Gasteiger partial charge is 0.277 e. The lowest BCUT2D eigenvalue weighted by Crippen LogP contribution is -2.24. The Bertz CT molecular complexity index is 781. The fourth-order valence-electron chi connectivity index (χ4n) is 1.91. The van der Waals surface area contributed by atoms with Crippen LogP contribution in [-0.4, -0.2) is 24.8 Å². The zero-order valence-corrected chi connectivity index (χ0v) is 16.1. The number of benzene rings is 2. The summed E-state index contributed by atoms with van der Waals surface area (Å²) in [6.07, 6.45) is 2.48.